The van der Waals surface area contributed by atoms with Crippen LogP contribution in [-0.2, 0) is 19.1 Å². The SMILES string of the molecule is COC(=O)C1=C(C(=O)OC)CC(Cl)=CC1. The van der Waals surface area contributed by atoms with Gasteiger partial charge in [-0.05, 0) is 6.42 Å². The first-order valence-electron chi connectivity index (χ1n) is 4.33. The summed E-state index contributed by atoms with van der Waals surface area (Å²) in [6, 6.07) is 0. The van der Waals surface area contributed by atoms with Crippen LogP contribution in [0.15, 0.2) is 22.3 Å². The molecular formula is C10H11ClO4. The van der Waals surface area contributed by atoms with Crippen LogP contribution in [-0.4, -0.2) is 26.2 Å². The first-order valence-corrected chi connectivity index (χ1v) is 4.71. The summed E-state index contributed by atoms with van der Waals surface area (Å²) >= 11 is 5.79. The molecule has 0 fully saturated rings. The zero-order valence-electron chi connectivity index (χ0n) is 8.50. The molecule has 0 aromatic heterocycles. The van der Waals surface area contributed by atoms with Crippen molar-refractivity contribution >= 4 is 23.5 Å². The molecule has 1 aliphatic rings. The van der Waals surface area contributed by atoms with Crippen molar-refractivity contribution in [2.45, 2.75) is 12.8 Å². The van der Waals surface area contributed by atoms with Gasteiger partial charge in [0.25, 0.3) is 0 Å². The lowest BCUT2D eigenvalue weighted by Gasteiger charge is -2.14. The molecule has 0 spiro atoms. The van der Waals surface area contributed by atoms with Gasteiger partial charge in [-0.2, -0.15) is 0 Å². The number of carbonyl (C=O) groups is 2. The fraction of sp³-hybridized carbons (Fsp3) is 0.400. The molecule has 0 saturated heterocycles. The van der Waals surface area contributed by atoms with E-state index in [-0.39, 0.29) is 12.0 Å². The summed E-state index contributed by atoms with van der Waals surface area (Å²) in [6.45, 7) is 0. The van der Waals surface area contributed by atoms with E-state index in [4.69, 9.17) is 11.6 Å². The predicted molar refractivity (Wildman–Crippen MR) is 54.2 cm³/mol. The minimum absolute atomic E-state index is 0.221. The van der Waals surface area contributed by atoms with Gasteiger partial charge in [0.1, 0.15) is 0 Å². The van der Waals surface area contributed by atoms with Crippen molar-refractivity contribution in [1.82, 2.24) is 0 Å². The average Bonchev–Trinajstić information content (AvgIpc) is 2.26. The van der Waals surface area contributed by atoms with Crippen molar-refractivity contribution in [3.63, 3.8) is 0 Å². The maximum atomic E-state index is 11.4. The Morgan fingerprint density at radius 2 is 1.73 bits per heavy atom. The Balaban J connectivity index is 3.03. The highest BCUT2D eigenvalue weighted by Gasteiger charge is 2.25. The fourth-order valence-electron chi connectivity index (χ4n) is 1.33. The molecule has 5 heteroatoms. The second-order valence-electron chi connectivity index (χ2n) is 2.97. The second kappa shape index (κ2) is 4.98. The van der Waals surface area contributed by atoms with Crippen LogP contribution >= 0.6 is 11.6 Å². The van der Waals surface area contributed by atoms with E-state index in [0.29, 0.717) is 17.0 Å². The first kappa shape index (κ1) is 11.8. The lowest BCUT2D eigenvalue weighted by atomic mass is 9.97. The van der Waals surface area contributed by atoms with Gasteiger partial charge in [-0.25, -0.2) is 9.59 Å². The van der Waals surface area contributed by atoms with Crippen molar-refractivity contribution in [3.8, 4) is 0 Å². The summed E-state index contributed by atoms with van der Waals surface area (Å²) in [6.07, 6.45) is 2.20. The summed E-state index contributed by atoms with van der Waals surface area (Å²) in [5.41, 5.74) is 0.589. The van der Waals surface area contributed by atoms with Gasteiger partial charge in [0.05, 0.1) is 25.4 Å². The molecule has 0 unspecified atom stereocenters. The van der Waals surface area contributed by atoms with E-state index in [0.717, 1.165) is 0 Å². The van der Waals surface area contributed by atoms with E-state index < -0.39 is 11.9 Å². The Morgan fingerprint density at radius 3 is 2.27 bits per heavy atom. The highest BCUT2D eigenvalue weighted by molar-refractivity contribution is 6.30. The number of halogens is 1. The molecule has 1 aliphatic carbocycles. The van der Waals surface area contributed by atoms with Crippen molar-refractivity contribution < 1.29 is 19.1 Å². The third-order valence-corrected chi connectivity index (χ3v) is 2.39. The van der Waals surface area contributed by atoms with Crippen LogP contribution < -0.4 is 0 Å². The average molecular weight is 231 g/mol. The number of rotatable bonds is 2. The summed E-state index contributed by atoms with van der Waals surface area (Å²) in [4.78, 5) is 22.7. The second-order valence-corrected chi connectivity index (χ2v) is 3.46. The largest absolute Gasteiger partial charge is 0.466 e. The number of carbonyl (C=O) groups excluding carboxylic acids is 2. The third kappa shape index (κ3) is 2.59. The van der Waals surface area contributed by atoms with Crippen molar-refractivity contribution in [3.05, 3.63) is 22.3 Å². The van der Waals surface area contributed by atoms with Gasteiger partial charge in [0, 0.05) is 11.5 Å². The number of hydrogen-bond acceptors (Lipinski definition) is 4. The lowest BCUT2D eigenvalue weighted by Crippen LogP contribution is -2.16. The minimum atomic E-state index is -0.540. The maximum absolute atomic E-state index is 11.4. The van der Waals surface area contributed by atoms with Gasteiger partial charge in [0.2, 0.25) is 0 Å². The van der Waals surface area contributed by atoms with E-state index in [1.165, 1.54) is 14.2 Å². The number of hydrogen-bond donors (Lipinski definition) is 0. The molecule has 4 nitrogen and oxygen atoms in total. The third-order valence-electron chi connectivity index (χ3n) is 2.10. The number of allylic oxidation sites excluding steroid dienone is 2. The van der Waals surface area contributed by atoms with Crippen LogP contribution in [0.1, 0.15) is 12.8 Å². The number of ether oxygens (including phenoxy) is 2. The van der Waals surface area contributed by atoms with Crippen molar-refractivity contribution in [2.24, 2.45) is 0 Å². The summed E-state index contributed by atoms with van der Waals surface area (Å²) in [7, 11) is 2.53. The highest BCUT2D eigenvalue weighted by atomic mass is 35.5. The van der Waals surface area contributed by atoms with Gasteiger partial charge in [-0.3, -0.25) is 0 Å². The van der Waals surface area contributed by atoms with E-state index in [2.05, 4.69) is 9.47 Å². The molecule has 0 aliphatic heterocycles. The Labute approximate surface area is 92.5 Å². The Hall–Kier alpha value is -1.29. The molecule has 0 radical (unpaired) electrons. The molecule has 0 N–H and O–H groups in total. The molecule has 0 bridgehead atoms. The number of esters is 2. The minimum Gasteiger partial charge on any atom is -0.466 e. The molecule has 0 aromatic carbocycles. The fourth-order valence-corrected chi connectivity index (χ4v) is 1.54. The molecule has 0 amide bonds. The molecule has 82 valence electrons. The van der Waals surface area contributed by atoms with Gasteiger partial charge in [0.15, 0.2) is 0 Å². The maximum Gasteiger partial charge on any atom is 0.334 e. The molecule has 1 rings (SSSR count). The summed E-state index contributed by atoms with van der Waals surface area (Å²) in [5.74, 6) is -1.06. The van der Waals surface area contributed by atoms with Crippen LogP contribution in [0.25, 0.3) is 0 Å². The van der Waals surface area contributed by atoms with E-state index in [9.17, 15) is 9.59 Å². The summed E-state index contributed by atoms with van der Waals surface area (Å²) < 4.78 is 9.15. The first-order chi connectivity index (χ1) is 7.10. The van der Waals surface area contributed by atoms with Gasteiger partial charge in [-0.15, -0.1) is 0 Å². The summed E-state index contributed by atoms with van der Waals surface area (Å²) in [5, 5.41) is 0.531. The standard InChI is InChI=1S/C10H11ClO4/c1-14-9(12)7-4-3-6(11)5-8(7)10(13)15-2/h3H,4-5H2,1-2H3. The Morgan fingerprint density at radius 1 is 1.20 bits per heavy atom. The van der Waals surface area contributed by atoms with E-state index in [1.54, 1.807) is 6.08 Å². The molecule has 0 heterocycles. The van der Waals surface area contributed by atoms with Crippen LogP contribution in [0.2, 0.25) is 0 Å². The Kier molecular flexibility index (Phi) is 3.91. The lowest BCUT2D eigenvalue weighted by molar-refractivity contribution is -0.139. The van der Waals surface area contributed by atoms with E-state index >= 15 is 0 Å². The van der Waals surface area contributed by atoms with Crippen LogP contribution in [0.5, 0.6) is 0 Å². The van der Waals surface area contributed by atoms with Crippen molar-refractivity contribution in [1.29, 1.82) is 0 Å². The van der Waals surface area contributed by atoms with Gasteiger partial charge < -0.3 is 9.47 Å². The highest BCUT2D eigenvalue weighted by Crippen LogP contribution is 2.28. The molecule has 0 atom stereocenters. The zero-order valence-corrected chi connectivity index (χ0v) is 9.26. The quantitative estimate of drug-likeness (QED) is 0.676. The Bertz CT molecular complexity index is 354. The predicted octanol–water partition coefficient (Wildman–Crippen LogP) is 1.55. The van der Waals surface area contributed by atoms with Crippen LogP contribution in [0.3, 0.4) is 0 Å². The van der Waals surface area contributed by atoms with Gasteiger partial charge >= 0.3 is 11.9 Å². The molecule has 0 saturated carbocycles. The monoisotopic (exact) mass is 230 g/mol. The topological polar surface area (TPSA) is 52.6 Å². The molecular weight excluding hydrogens is 220 g/mol. The normalized spacial score (nSPS) is 15.8. The molecule has 15 heavy (non-hydrogen) atoms. The smallest absolute Gasteiger partial charge is 0.334 e. The van der Waals surface area contributed by atoms with Crippen molar-refractivity contribution in [2.75, 3.05) is 14.2 Å². The molecule has 0 aromatic rings. The van der Waals surface area contributed by atoms with Crippen LogP contribution in [0.4, 0.5) is 0 Å². The van der Waals surface area contributed by atoms with E-state index in [1.807, 2.05) is 0 Å². The zero-order chi connectivity index (χ0) is 11.4. The van der Waals surface area contributed by atoms with Gasteiger partial charge in [-0.1, -0.05) is 17.7 Å². The number of methoxy groups -OCH3 is 2. The van der Waals surface area contributed by atoms with Crippen LogP contribution in [0, 0.1) is 0 Å².